The summed E-state index contributed by atoms with van der Waals surface area (Å²) in [5, 5.41) is 11.6. The number of hydrogen-bond donors (Lipinski definition) is 1. The fourth-order valence-corrected chi connectivity index (χ4v) is 1.42. The number of nitrogens with one attached hydrogen (secondary N) is 1. The number of carbonyl (C=O) groups excluding carboxylic acids is 2. The molecule has 5 heteroatoms. The molecule has 20 heavy (non-hydrogen) atoms. The number of nitrogens with zero attached hydrogens (tertiary/aromatic N) is 1. The van der Waals surface area contributed by atoms with Crippen LogP contribution in [0.5, 0.6) is 0 Å². The number of anilines is 1. The van der Waals surface area contributed by atoms with Gasteiger partial charge in [0.05, 0.1) is 6.61 Å². The third kappa shape index (κ3) is 4.58. The number of amides is 1. The molecule has 0 radical (unpaired) electrons. The molecule has 1 amide bonds. The van der Waals surface area contributed by atoms with Crippen molar-refractivity contribution in [2.24, 2.45) is 0 Å². The van der Waals surface area contributed by atoms with Crippen LogP contribution in [0.15, 0.2) is 29.8 Å². The van der Waals surface area contributed by atoms with Crippen molar-refractivity contribution in [2.75, 3.05) is 11.9 Å². The summed E-state index contributed by atoms with van der Waals surface area (Å²) in [5.74, 6) is -0.712. The maximum absolute atomic E-state index is 11.5. The van der Waals surface area contributed by atoms with Crippen molar-refractivity contribution in [3.8, 4) is 6.07 Å². The minimum atomic E-state index is -0.640. The Labute approximate surface area is 117 Å². The zero-order valence-electron chi connectivity index (χ0n) is 11.5. The summed E-state index contributed by atoms with van der Waals surface area (Å²) in [6, 6.07) is 8.64. The lowest BCUT2D eigenvalue weighted by molar-refractivity contribution is -0.137. The molecule has 0 bridgehead atoms. The molecule has 0 spiro atoms. The van der Waals surface area contributed by atoms with E-state index in [0.29, 0.717) is 17.7 Å². The first-order valence-corrected chi connectivity index (χ1v) is 6.29. The first-order chi connectivity index (χ1) is 9.60. The average molecular weight is 272 g/mol. The lowest BCUT2D eigenvalue weighted by Crippen LogP contribution is -2.09. The Bertz CT molecular complexity index is 553. The van der Waals surface area contributed by atoms with Gasteiger partial charge in [-0.2, -0.15) is 5.26 Å². The Morgan fingerprint density at radius 1 is 1.30 bits per heavy atom. The van der Waals surface area contributed by atoms with E-state index in [9.17, 15) is 9.59 Å². The molecule has 0 fully saturated rings. The predicted octanol–water partition coefficient (Wildman–Crippen LogP) is 2.51. The van der Waals surface area contributed by atoms with E-state index in [4.69, 9.17) is 10.00 Å². The molecular formula is C15H16N2O3. The van der Waals surface area contributed by atoms with Crippen LogP contribution in [-0.4, -0.2) is 18.5 Å². The number of benzene rings is 1. The van der Waals surface area contributed by atoms with Gasteiger partial charge in [-0.3, -0.25) is 4.79 Å². The fourth-order valence-electron chi connectivity index (χ4n) is 1.42. The number of nitriles is 1. The highest BCUT2D eigenvalue weighted by Crippen LogP contribution is 2.13. The van der Waals surface area contributed by atoms with E-state index in [1.54, 1.807) is 38.1 Å². The third-order valence-corrected chi connectivity index (χ3v) is 2.44. The summed E-state index contributed by atoms with van der Waals surface area (Å²) in [7, 11) is 0. The van der Waals surface area contributed by atoms with Gasteiger partial charge in [-0.25, -0.2) is 4.79 Å². The van der Waals surface area contributed by atoms with Crippen LogP contribution in [0.2, 0.25) is 0 Å². The molecular weight excluding hydrogens is 256 g/mol. The van der Waals surface area contributed by atoms with Gasteiger partial charge in [-0.05, 0) is 30.7 Å². The molecule has 0 heterocycles. The third-order valence-electron chi connectivity index (χ3n) is 2.44. The largest absolute Gasteiger partial charge is 0.462 e. The molecule has 1 aromatic carbocycles. The zero-order valence-corrected chi connectivity index (χ0v) is 11.5. The monoisotopic (exact) mass is 272 g/mol. The van der Waals surface area contributed by atoms with E-state index in [1.165, 1.54) is 6.08 Å². The molecule has 0 atom stereocenters. The number of esters is 1. The lowest BCUT2D eigenvalue weighted by atomic mass is 10.1. The van der Waals surface area contributed by atoms with Gasteiger partial charge in [-0.1, -0.05) is 19.1 Å². The molecule has 1 rings (SSSR count). The highest BCUT2D eigenvalue weighted by Gasteiger charge is 2.09. The van der Waals surface area contributed by atoms with Crippen molar-refractivity contribution in [1.82, 2.24) is 0 Å². The van der Waals surface area contributed by atoms with Gasteiger partial charge < -0.3 is 10.1 Å². The van der Waals surface area contributed by atoms with Crippen molar-refractivity contribution < 1.29 is 14.3 Å². The van der Waals surface area contributed by atoms with Crippen LogP contribution in [0.25, 0.3) is 6.08 Å². The standard InChI is InChI=1S/C15H16N2O3/c1-3-14(18)17-13-7-5-11(6-8-13)9-12(10-16)15(19)20-4-2/h5-9H,3-4H2,1-2H3,(H,17,18)/b12-9+. The Morgan fingerprint density at radius 2 is 1.95 bits per heavy atom. The topological polar surface area (TPSA) is 79.2 Å². The molecule has 0 saturated heterocycles. The average Bonchev–Trinajstić information content (AvgIpc) is 2.46. The molecule has 104 valence electrons. The Balaban J connectivity index is 2.85. The van der Waals surface area contributed by atoms with Crippen LogP contribution < -0.4 is 5.32 Å². The van der Waals surface area contributed by atoms with E-state index in [2.05, 4.69) is 5.32 Å². The molecule has 0 unspecified atom stereocenters. The van der Waals surface area contributed by atoms with Crippen LogP contribution in [0.4, 0.5) is 5.69 Å². The summed E-state index contributed by atoms with van der Waals surface area (Å²) in [6.45, 7) is 3.67. The SMILES string of the molecule is CCOC(=O)/C(C#N)=C/c1ccc(NC(=O)CC)cc1. The maximum atomic E-state index is 11.5. The van der Waals surface area contributed by atoms with E-state index >= 15 is 0 Å². The smallest absolute Gasteiger partial charge is 0.348 e. The molecule has 0 aliphatic rings. The van der Waals surface area contributed by atoms with E-state index in [0.717, 1.165) is 0 Å². The van der Waals surface area contributed by atoms with Gasteiger partial charge in [0, 0.05) is 12.1 Å². The quantitative estimate of drug-likeness (QED) is 0.507. The molecule has 0 saturated carbocycles. The highest BCUT2D eigenvalue weighted by molar-refractivity contribution is 5.98. The summed E-state index contributed by atoms with van der Waals surface area (Å²) < 4.78 is 4.77. The van der Waals surface area contributed by atoms with Gasteiger partial charge in [0.2, 0.25) is 5.91 Å². The molecule has 1 N–H and O–H groups in total. The number of ether oxygens (including phenoxy) is 1. The van der Waals surface area contributed by atoms with Gasteiger partial charge in [-0.15, -0.1) is 0 Å². The van der Waals surface area contributed by atoms with Crippen LogP contribution in [0.1, 0.15) is 25.8 Å². The van der Waals surface area contributed by atoms with Gasteiger partial charge >= 0.3 is 5.97 Å². The van der Waals surface area contributed by atoms with Crippen LogP contribution >= 0.6 is 0 Å². The summed E-state index contributed by atoms with van der Waals surface area (Å²) >= 11 is 0. The summed E-state index contributed by atoms with van der Waals surface area (Å²) in [6.07, 6.45) is 1.85. The number of hydrogen-bond acceptors (Lipinski definition) is 4. The molecule has 0 aliphatic heterocycles. The van der Waals surface area contributed by atoms with Crippen molar-refractivity contribution in [1.29, 1.82) is 5.26 Å². The summed E-state index contributed by atoms with van der Waals surface area (Å²) in [4.78, 5) is 22.7. The minimum absolute atomic E-state index is 0.0582. The molecule has 0 aromatic heterocycles. The summed E-state index contributed by atoms with van der Waals surface area (Å²) in [5.41, 5.74) is 1.30. The second-order valence-corrected chi connectivity index (χ2v) is 3.91. The van der Waals surface area contributed by atoms with Crippen molar-refractivity contribution in [2.45, 2.75) is 20.3 Å². The van der Waals surface area contributed by atoms with Gasteiger partial charge in [0.25, 0.3) is 0 Å². The lowest BCUT2D eigenvalue weighted by Gasteiger charge is -2.04. The zero-order chi connectivity index (χ0) is 15.0. The van der Waals surface area contributed by atoms with E-state index in [-0.39, 0.29) is 18.1 Å². The number of carbonyl (C=O) groups is 2. The highest BCUT2D eigenvalue weighted by atomic mass is 16.5. The molecule has 1 aromatic rings. The second kappa shape index (κ2) is 7.74. The second-order valence-electron chi connectivity index (χ2n) is 3.91. The Kier molecular flexibility index (Phi) is 5.98. The van der Waals surface area contributed by atoms with Crippen LogP contribution in [-0.2, 0) is 14.3 Å². The predicted molar refractivity (Wildman–Crippen MR) is 75.6 cm³/mol. The molecule has 5 nitrogen and oxygen atoms in total. The van der Waals surface area contributed by atoms with Crippen molar-refractivity contribution >= 4 is 23.6 Å². The normalized spacial score (nSPS) is 10.6. The fraction of sp³-hybridized carbons (Fsp3) is 0.267. The van der Waals surface area contributed by atoms with Crippen molar-refractivity contribution in [3.63, 3.8) is 0 Å². The first-order valence-electron chi connectivity index (χ1n) is 6.29. The minimum Gasteiger partial charge on any atom is -0.462 e. The van der Waals surface area contributed by atoms with E-state index in [1.807, 2.05) is 6.07 Å². The molecule has 0 aliphatic carbocycles. The van der Waals surface area contributed by atoms with Crippen molar-refractivity contribution in [3.05, 3.63) is 35.4 Å². The maximum Gasteiger partial charge on any atom is 0.348 e. The Hall–Kier alpha value is -2.61. The Morgan fingerprint density at radius 3 is 2.45 bits per heavy atom. The van der Waals surface area contributed by atoms with Gasteiger partial charge in [0.15, 0.2) is 0 Å². The van der Waals surface area contributed by atoms with Gasteiger partial charge in [0.1, 0.15) is 11.6 Å². The van der Waals surface area contributed by atoms with Crippen LogP contribution in [0, 0.1) is 11.3 Å². The number of rotatable bonds is 5. The first kappa shape index (κ1) is 15.4. The van der Waals surface area contributed by atoms with E-state index < -0.39 is 5.97 Å². The van der Waals surface area contributed by atoms with Crippen LogP contribution in [0.3, 0.4) is 0 Å².